The zero-order valence-corrected chi connectivity index (χ0v) is 14.4. The third-order valence-corrected chi connectivity index (χ3v) is 4.50. The summed E-state index contributed by atoms with van der Waals surface area (Å²) in [7, 11) is 0. The van der Waals surface area contributed by atoms with E-state index in [-0.39, 0.29) is 29.6 Å². The van der Waals surface area contributed by atoms with Crippen molar-refractivity contribution in [1.82, 2.24) is 9.97 Å². The number of amides is 2. The van der Waals surface area contributed by atoms with Gasteiger partial charge in [-0.1, -0.05) is 36.8 Å². The minimum atomic E-state index is -0.372. The number of nitrogens with zero attached hydrogens (tertiary/aromatic N) is 3. The van der Waals surface area contributed by atoms with Crippen molar-refractivity contribution in [3.8, 4) is 0 Å². The van der Waals surface area contributed by atoms with Gasteiger partial charge in [0.2, 0.25) is 17.8 Å². The number of aromatic nitrogens is 2. The number of carbonyl (C=O) groups is 2. The highest BCUT2D eigenvalue weighted by atomic mass is 16.2. The van der Waals surface area contributed by atoms with Crippen molar-refractivity contribution in [2.45, 2.75) is 34.1 Å². The highest BCUT2D eigenvalue weighted by molar-refractivity contribution is 6.21. The molecule has 24 heavy (non-hydrogen) atoms. The fourth-order valence-corrected chi connectivity index (χ4v) is 3.11. The van der Waals surface area contributed by atoms with Gasteiger partial charge in [-0.2, -0.15) is 0 Å². The van der Waals surface area contributed by atoms with Gasteiger partial charge in [0, 0.05) is 17.3 Å². The first-order chi connectivity index (χ1) is 11.4. The van der Waals surface area contributed by atoms with Crippen molar-refractivity contribution in [3.05, 3.63) is 52.8 Å². The van der Waals surface area contributed by atoms with Crippen LogP contribution in [0.1, 0.15) is 29.4 Å². The second-order valence-corrected chi connectivity index (χ2v) is 6.55. The van der Waals surface area contributed by atoms with Crippen LogP contribution in [0.15, 0.2) is 30.3 Å². The maximum atomic E-state index is 12.8. The molecule has 1 aromatic heterocycles. The van der Waals surface area contributed by atoms with Crippen LogP contribution in [0.25, 0.3) is 0 Å². The lowest BCUT2D eigenvalue weighted by Crippen LogP contribution is -2.33. The average Bonchev–Trinajstić information content (AvgIpc) is 2.72. The van der Waals surface area contributed by atoms with Gasteiger partial charge in [-0.25, -0.2) is 14.9 Å². The monoisotopic (exact) mass is 323 g/mol. The Morgan fingerprint density at radius 2 is 1.54 bits per heavy atom. The third-order valence-electron chi connectivity index (χ3n) is 4.50. The lowest BCUT2D eigenvalue weighted by molar-refractivity contribution is -0.122. The smallest absolute Gasteiger partial charge is 0.240 e. The van der Waals surface area contributed by atoms with E-state index in [1.165, 1.54) is 5.56 Å². The summed E-state index contributed by atoms with van der Waals surface area (Å²) in [5, 5.41) is 0. The first kappa shape index (κ1) is 16.3. The van der Waals surface area contributed by atoms with Crippen molar-refractivity contribution in [1.29, 1.82) is 0 Å². The quantitative estimate of drug-likeness (QED) is 0.815. The molecule has 1 fully saturated rings. The lowest BCUT2D eigenvalue weighted by atomic mass is 9.90. The molecule has 2 heterocycles. The van der Waals surface area contributed by atoms with Gasteiger partial charge in [-0.15, -0.1) is 0 Å². The summed E-state index contributed by atoms with van der Waals surface area (Å²) < 4.78 is 0. The molecule has 1 aromatic carbocycles. The molecular weight excluding hydrogens is 302 g/mol. The molecule has 0 aliphatic carbocycles. The number of benzene rings is 1. The van der Waals surface area contributed by atoms with E-state index in [9.17, 15) is 9.59 Å². The molecule has 2 atom stereocenters. The molecule has 0 unspecified atom stereocenters. The van der Waals surface area contributed by atoms with Crippen LogP contribution < -0.4 is 4.90 Å². The van der Waals surface area contributed by atoms with Crippen molar-refractivity contribution in [2.24, 2.45) is 11.8 Å². The number of anilines is 1. The summed E-state index contributed by atoms with van der Waals surface area (Å²) in [6.45, 7) is 7.49. The summed E-state index contributed by atoms with van der Waals surface area (Å²) in [5.74, 6) is -0.978. The van der Waals surface area contributed by atoms with Gasteiger partial charge in [-0.3, -0.25) is 9.59 Å². The van der Waals surface area contributed by atoms with Crippen molar-refractivity contribution in [2.75, 3.05) is 4.90 Å². The number of rotatable bonds is 3. The van der Waals surface area contributed by atoms with Crippen LogP contribution in [0, 0.1) is 32.6 Å². The fraction of sp³-hybridized carbons (Fsp3) is 0.368. The molecule has 1 saturated heterocycles. The Bertz CT molecular complexity index is 779. The molecule has 5 nitrogen and oxygen atoms in total. The molecule has 3 rings (SSSR count). The predicted octanol–water partition coefficient (Wildman–Crippen LogP) is 2.77. The zero-order valence-electron chi connectivity index (χ0n) is 14.4. The van der Waals surface area contributed by atoms with Crippen molar-refractivity contribution < 1.29 is 9.59 Å². The number of imide groups is 1. The maximum absolute atomic E-state index is 12.8. The number of hydrogen-bond acceptors (Lipinski definition) is 4. The summed E-state index contributed by atoms with van der Waals surface area (Å²) in [5.41, 5.74) is 3.72. The Labute approximate surface area is 141 Å². The Morgan fingerprint density at radius 3 is 2.12 bits per heavy atom. The molecular formula is C19H21N3O2. The van der Waals surface area contributed by atoms with E-state index in [0.29, 0.717) is 6.42 Å². The van der Waals surface area contributed by atoms with Gasteiger partial charge in [0.25, 0.3) is 0 Å². The largest absolute Gasteiger partial charge is 0.274 e. The minimum Gasteiger partial charge on any atom is -0.274 e. The van der Waals surface area contributed by atoms with Crippen LogP contribution in [-0.4, -0.2) is 21.8 Å². The molecule has 0 radical (unpaired) electrons. The Hall–Kier alpha value is -2.56. The summed E-state index contributed by atoms with van der Waals surface area (Å²) in [4.78, 5) is 35.2. The van der Waals surface area contributed by atoms with E-state index in [4.69, 9.17) is 0 Å². The highest BCUT2D eigenvalue weighted by Gasteiger charge is 2.46. The number of carbonyl (C=O) groups excluding carboxylic acids is 2. The Kier molecular flexibility index (Phi) is 4.18. The molecule has 1 aliphatic heterocycles. The van der Waals surface area contributed by atoms with E-state index in [1.807, 2.05) is 58.0 Å². The average molecular weight is 323 g/mol. The predicted molar refractivity (Wildman–Crippen MR) is 91.5 cm³/mol. The molecule has 0 N–H and O–H groups in total. The molecule has 0 bridgehead atoms. The minimum absolute atomic E-state index is 0.195. The van der Waals surface area contributed by atoms with Crippen LogP contribution in [0.5, 0.6) is 0 Å². The van der Waals surface area contributed by atoms with Crippen molar-refractivity contribution in [3.63, 3.8) is 0 Å². The van der Waals surface area contributed by atoms with Gasteiger partial charge < -0.3 is 0 Å². The first-order valence-corrected chi connectivity index (χ1v) is 8.12. The molecule has 5 heteroatoms. The molecule has 1 aliphatic rings. The fourth-order valence-electron chi connectivity index (χ4n) is 3.11. The Morgan fingerprint density at radius 1 is 0.958 bits per heavy atom. The van der Waals surface area contributed by atoms with E-state index < -0.39 is 0 Å². The standard InChI is InChI=1S/C19H21N3O2/c1-11-5-7-15(8-6-11)10-16-14(4)17(23)22(18(16)24)19-20-12(2)9-13(3)21-19/h5-9,14,16H,10H2,1-4H3/t14-,16+/m0/s1. The van der Waals surface area contributed by atoms with E-state index in [2.05, 4.69) is 9.97 Å². The van der Waals surface area contributed by atoms with Gasteiger partial charge in [0.1, 0.15) is 0 Å². The first-order valence-electron chi connectivity index (χ1n) is 8.12. The molecule has 0 saturated carbocycles. The number of aryl methyl sites for hydroxylation is 3. The summed E-state index contributed by atoms with van der Waals surface area (Å²) in [6.07, 6.45) is 0.549. The van der Waals surface area contributed by atoms with Crippen LogP contribution >= 0.6 is 0 Å². The van der Waals surface area contributed by atoms with Crippen LogP contribution in [-0.2, 0) is 16.0 Å². The topological polar surface area (TPSA) is 63.2 Å². The highest BCUT2D eigenvalue weighted by Crippen LogP contribution is 2.31. The normalized spacial score (nSPS) is 20.8. The van der Waals surface area contributed by atoms with Gasteiger partial charge in [0.05, 0.1) is 5.92 Å². The Balaban J connectivity index is 1.90. The second kappa shape index (κ2) is 6.15. The lowest BCUT2D eigenvalue weighted by Gasteiger charge is -2.14. The maximum Gasteiger partial charge on any atom is 0.240 e. The third kappa shape index (κ3) is 2.94. The van der Waals surface area contributed by atoms with Crippen LogP contribution in [0.4, 0.5) is 5.95 Å². The van der Waals surface area contributed by atoms with E-state index in [0.717, 1.165) is 21.9 Å². The van der Waals surface area contributed by atoms with Crippen LogP contribution in [0.2, 0.25) is 0 Å². The van der Waals surface area contributed by atoms with E-state index >= 15 is 0 Å². The van der Waals surface area contributed by atoms with Crippen LogP contribution in [0.3, 0.4) is 0 Å². The summed E-state index contributed by atoms with van der Waals surface area (Å²) >= 11 is 0. The second-order valence-electron chi connectivity index (χ2n) is 6.55. The van der Waals surface area contributed by atoms with Gasteiger partial charge in [0.15, 0.2) is 0 Å². The zero-order chi connectivity index (χ0) is 17.4. The van der Waals surface area contributed by atoms with Crippen molar-refractivity contribution >= 4 is 17.8 Å². The SMILES string of the molecule is Cc1ccc(C[C@H]2C(=O)N(c3nc(C)cc(C)n3)C(=O)[C@H]2C)cc1. The van der Waals surface area contributed by atoms with E-state index in [1.54, 1.807) is 0 Å². The van der Waals surface area contributed by atoms with Gasteiger partial charge >= 0.3 is 0 Å². The molecule has 0 spiro atoms. The molecule has 2 amide bonds. The molecule has 124 valence electrons. The molecule has 2 aromatic rings. The van der Waals surface area contributed by atoms with Gasteiger partial charge in [-0.05, 0) is 38.8 Å². The number of hydrogen-bond donors (Lipinski definition) is 0. The summed E-state index contributed by atoms with van der Waals surface area (Å²) in [6, 6.07) is 9.88.